The van der Waals surface area contributed by atoms with E-state index in [1.807, 2.05) is 13.8 Å². The number of halogens is 2. The van der Waals surface area contributed by atoms with Crippen LogP contribution in [0.25, 0.3) is 0 Å². The Kier molecular flexibility index (Phi) is 5.22. The fourth-order valence-electron chi connectivity index (χ4n) is 1.62. The molecule has 0 saturated carbocycles. The van der Waals surface area contributed by atoms with Gasteiger partial charge in [-0.05, 0) is 32.0 Å². The van der Waals surface area contributed by atoms with Crippen LogP contribution in [0.4, 0.5) is 8.78 Å². The van der Waals surface area contributed by atoms with Gasteiger partial charge in [-0.25, -0.2) is 17.2 Å². The second kappa shape index (κ2) is 6.24. The van der Waals surface area contributed by atoms with Crippen molar-refractivity contribution < 1.29 is 17.2 Å². The Hall–Kier alpha value is -1.01. The first-order valence-corrected chi connectivity index (χ1v) is 7.43. The predicted octanol–water partition coefficient (Wildman–Crippen LogP) is 2.13. The van der Waals surface area contributed by atoms with Crippen LogP contribution >= 0.6 is 0 Å². The van der Waals surface area contributed by atoms with Crippen molar-refractivity contribution >= 4 is 9.84 Å². The molecule has 6 heteroatoms. The maximum Gasteiger partial charge on any atom is 0.181 e. The molecule has 1 rings (SSSR count). The van der Waals surface area contributed by atoms with Gasteiger partial charge < -0.3 is 5.32 Å². The standard InChI is InChI=1S/C12H17F2NO2S/c1-3-15-9(2)6-7-18(16,17)12-5-4-10(13)8-11(12)14/h4-5,8-9,15H,3,6-7H2,1-2H3. The molecule has 1 atom stereocenters. The lowest BCUT2D eigenvalue weighted by atomic mass is 10.3. The summed E-state index contributed by atoms with van der Waals surface area (Å²) in [6.07, 6.45) is 0.382. The fourth-order valence-corrected chi connectivity index (χ4v) is 3.14. The van der Waals surface area contributed by atoms with Crippen LogP contribution in [0.3, 0.4) is 0 Å². The van der Waals surface area contributed by atoms with E-state index < -0.39 is 26.4 Å². The summed E-state index contributed by atoms with van der Waals surface area (Å²) in [5.74, 6) is -1.98. The first-order chi connectivity index (χ1) is 8.36. The summed E-state index contributed by atoms with van der Waals surface area (Å²) < 4.78 is 49.9. The Morgan fingerprint density at radius 2 is 2.00 bits per heavy atom. The van der Waals surface area contributed by atoms with Crippen LogP contribution in [-0.4, -0.2) is 26.8 Å². The van der Waals surface area contributed by atoms with Crippen LogP contribution in [0.1, 0.15) is 20.3 Å². The highest BCUT2D eigenvalue weighted by Gasteiger charge is 2.20. The summed E-state index contributed by atoms with van der Waals surface area (Å²) in [4.78, 5) is -0.437. The quantitative estimate of drug-likeness (QED) is 0.810. The SMILES string of the molecule is CCNC(C)CCS(=O)(=O)c1ccc(F)cc1F. The molecule has 1 aromatic rings. The second-order valence-corrected chi connectivity index (χ2v) is 6.22. The van der Waals surface area contributed by atoms with Crippen molar-refractivity contribution in [2.45, 2.75) is 31.2 Å². The molecule has 102 valence electrons. The number of benzene rings is 1. The third-order valence-corrected chi connectivity index (χ3v) is 4.38. The minimum Gasteiger partial charge on any atom is -0.314 e. The van der Waals surface area contributed by atoms with Crippen LogP contribution < -0.4 is 5.32 Å². The van der Waals surface area contributed by atoms with E-state index in [1.54, 1.807) is 0 Å². The maximum atomic E-state index is 13.4. The van der Waals surface area contributed by atoms with Gasteiger partial charge in [0.1, 0.15) is 16.5 Å². The van der Waals surface area contributed by atoms with E-state index in [-0.39, 0.29) is 11.8 Å². The zero-order chi connectivity index (χ0) is 13.8. The number of sulfone groups is 1. The van der Waals surface area contributed by atoms with Gasteiger partial charge in [0.15, 0.2) is 9.84 Å². The number of hydrogen-bond donors (Lipinski definition) is 1. The lowest BCUT2D eigenvalue weighted by molar-refractivity contribution is 0.531. The van der Waals surface area contributed by atoms with Gasteiger partial charge in [-0.2, -0.15) is 0 Å². The largest absolute Gasteiger partial charge is 0.314 e. The van der Waals surface area contributed by atoms with Crippen LogP contribution in [0.2, 0.25) is 0 Å². The first-order valence-electron chi connectivity index (χ1n) is 5.78. The van der Waals surface area contributed by atoms with Gasteiger partial charge in [0.2, 0.25) is 0 Å². The lowest BCUT2D eigenvalue weighted by Gasteiger charge is -2.12. The smallest absolute Gasteiger partial charge is 0.181 e. The number of nitrogens with one attached hydrogen (secondary N) is 1. The predicted molar refractivity (Wildman–Crippen MR) is 66.2 cm³/mol. The van der Waals surface area contributed by atoms with Crippen molar-refractivity contribution in [3.05, 3.63) is 29.8 Å². The molecule has 0 aliphatic rings. The van der Waals surface area contributed by atoms with Crippen LogP contribution in [-0.2, 0) is 9.84 Å². The lowest BCUT2D eigenvalue weighted by Crippen LogP contribution is -2.28. The van der Waals surface area contributed by atoms with E-state index in [0.29, 0.717) is 12.5 Å². The van der Waals surface area contributed by atoms with E-state index >= 15 is 0 Å². The van der Waals surface area contributed by atoms with Crippen LogP contribution in [0.15, 0.2) is 23.1 Å². The summed E-state index contributed by atoms with van der Waals surface area (Å²) in [6, 6.07) is 2.54. The normalized spacial score (nSPS) is 13.6. The van der Waals surface area contributed by atoms with Gasteiger partial charge in [-0.3, -0.25) is 0 Å². The van der Waals surface area contributed by atoms with Gasteiger partial charge in [-0.1, -0.05) is 6.92 Å². The third kappa shape index (κ3) is 4.03. The zero-order valence-electron chi connectivity index (χ0n) is 10.4. The van der Waals surface area contributed by atoms with Gasteiger partial charge in [0, 0.05) is 12.1 Å². The summed E-state index contributed by atoms with van der Waals surface area (Å²) in [7, 11) is -3.70. The zero-order valence-corrected chi connectivity index (χ0v) is 11.2. The molecular weight excluding hydrogens is 260 g/mol. The monoisotopic (exact) mass is 277 g/mol. The minimum absolute atomic E-state index is 0.0354. The first kappa shape index (κ1) is 15.0. The molecule has 0 saturated heterocycles. The van der Waals surface area contributed by atoms with Crippen molar-refractivity contribution in [1.82, 2.24) is 5.32 Å². The molecule has 0 heterocycles. The average molecular weight is 277 g/mol. The van der Waals surface area contributed by atoms with Crippen molar-refractivity contribution in [3.63, 3.8) is 0 Å². The van der Waals surface area contributed by atoms with E-state index in [9.17, 15) is 17.2 Å². The molecule has 0 aliphatic carbocycles. The highest BCUT2D eigenvalue weighted by atomic mass is 32.2. The van der Waals surface area contributed by atoms with E-state index in [2.05, 4.69) is 5.32 Å². The Morgan fingerprint density at radius 3 is 2.56 bits per heavy atom. The Bertz CT molecular complexity index is 503. The third-order valence-electron chi connectivity index (χ3n) is 2.60. The summed E-state index contributed by atoms with van der Waals surface area (Å²) in [5, 5.41) is 3.08. The Balaban J connectivity index is 2.80. The summed E-state index contributed by atoms with van der Waals surface area (Å²) in [5.41, 5.74) is 0. The topological polar surface area (TPSA) is 46.2 Å². The molecule has 1 unspecified atom stereocenters. The molecule has 0 aliphatic heterocycles. The van der Waals surface area contributed by atoms with Gasteiger partial charge in [0.25, 0.3) is 0 Å². The second-order valence-electron chi connectivity index (χ2n) is 4.14. The van der Waals surface area contributed by atoms with Gasteiger partial charge >= 0.3 is 0 Å². The summed E-state index contributed by atoms with van der Waals surface area (Å²) in [6.45, 7) is 4.52. The molecule has 3 nitrogen and oxygen atoms in total. The Labute approximate surface area is 106 Å². The fraction of sp³-hybridized carbons (Fsp3) is 0.500. The van der Waals surface area contributed by atoms with Crippen LogP contribution in [0, 0.1) is 11.6 Å². The molecular formula is C12H17F2NO2S. The minimum atomic E-state index is -3.70. The van der Waals surface area contributed by atoms with Crippen molar-refractivity contribution in [3.8, 4) is 0 Å². The maximum absolute atomic E-state index is 13.4. The summed E-state index contributed by atoms with van der Waals surface area (Å²) >= 11 is 0. The molecule has 0 fully saturated rings. The highest BCUT2D eigenvalue weighted by molar-refractivity contribution is 7.91. The van der Waals surface area contributed by atoms with Crippen molar-refractivity contribution in [2.75, 3.05) is 12.3 Å². The van der Waals surface area contributed by atoms with Crippen LogP contribution in [0.5, 0.6) is 0 Å². The molecule has 1 aromatic carbocycles. The van der Waals surface area contributed by atoms with Gasteiger partial charge in [0.05, 0.1) is 5.75 Å². The van der Waals surface area contributed by atoms with Crippen molar-refractivity contribution in [2.24, 2.45) is 0 Å². The molecule has 0 bridgehead atoms. The van der Waals surface area contributed by atoms with Crippen molar-refractivity contribution in [1.29, 1.82) is 0 Å². The van der Waals surface area contributed by atoms with Gasteiger partial charge in [-0.15, -0.1) is 0 Å². The Morgan fingerprint density at radius 1 is 1.33 bits per heavy atom. The van der Waals surface area contributed by atoms with E-state index in [4.69, 9.17) is 0 Å². The molecule has 0 amide bonds. The molecule has 1 N–H and O–H groups in total. The molecule has 0 spiro atoms. The average Bonchev–Trinajstić information content (AvgIpc) is 2.26. The number of hydrogen-bond acceptors (Lipinski definition) is 3. The molecule has 0 aromatic heterocycles. The van der Waals surface area contributed by atoms with E-state index in [0.717, 1.165) is 18.7 Å². The van der Waals surface area contributed by atoms with E-state index in [1.165, 1.54) is 0 Å². The molecule has 18 heavy (non-hydrogen) atoms. The molecule has 0 radical (unpaired) electrons. The number of rotatable bonds is 6. The highest BCUT2D eigenvalue weighted by Crippen LogP contribution is 2.18.